The summed E-state index contributed by atoms with van der Waals surface area (Å²) in [7, 11) is 0. The molecule has 0 aromatic heterocycles. The minimum atomic E-state index is -0.910. The predicted octanol–water partition coefficient (Wildman–Crippen LogP) is 2.74. The molecule has 1 unspecified atom stereocenters. The van der Waals surface area contributed by atoms with Crippen LogP contribution in [0.25, 0.3) is 0 Å². The van der Waals surface area contributed by atoms with Crippen LogP contribution in [0.4, 0.5) is 0 Å². The summed E-state index contributed by atoms with van der Waals surface area (Å²) in [4.78, 5) is 22.6. The number of carbonyl (C=O) groups is 2. The van der Waals surface area contributed by atoms with Crippen molar-refractivity contribution >= 4 is 27.8 Å². The van der Waals surface area contributed by atoms with Gasteiger partial charge in [-0.15, -0.1) is 0 Å². The molecule has 0 spiro atoms. The van der Waals surface area contributed by atoms with E-state index in [1.165, 1.54) is 0 Å². The van der Waals surface area contributed by atoms with E-state index >= 15 is 0 Å². The summed E-state index contributed by atoms with van der Waals surface area (Å²) >= 11 is 3.36. The Bertz CT molecular complexity index is 460. The molecular weight excluding hydrogens is 298 g/mol. The summed E-state index contributed by atoms with van der Waals surface area (Å²) in [5.41, 5.74) is 1.57. The van der Waals surface area contributed by atoms with Crippen molar-refractivity contribution < 1.29 is 14.7 Å². The van der Waals surface area contributed by atoms with Crippen LogP contribution in [0, 0.1) is 6.92 Å². The third-order valence-corrected chi connectivity index (χ3v) is 3.54. The van der Waals surface area contributed by atoms with E-state index in [0.717, 1.165) is 10.0 Å². The molecule has 0 radical (unpaired) electrons. The topological polar surface area (TPSA) is 66.4 Å². The van der Waals surface area contributed by atoms with Gasteiger partial charge in [0.25, 0.3) is 5.91 Å². The maximum absolute atomic E-state index is 11.9. The third kappa shape index (κ3) is 4.14. The Morgan fingerprint density at radius 2 is 2.11 bits per heavy atom. The summed E-state index contributed by atoms with van der Waals surface area (Å²) in [6.45, 7) is 3.78. The Kier molecular flexibility index (Phi) is 5.34. The molecule has 4 nitrogen and oxygen atoms in total. The number of nitrogens with one attached hydrogen (secondary N) is 1. The molecule has 0 bridgehead atoms. The van der Waals surface area contributed by atoms with Gasteiger partial charge in [-0.1, -0.05) is 28.9 Å². The number of hydrogen-bond donors (Lipinski definition) is 2. The second kappa shape index (κ2) is 6.54. The molecule has 1 aromatic rings. The number of halogens is 1. The van der Waals surface area contributed by atoms with E-state index in [0.29, 0.717) is 12.0 Å². The van der Waals surface area contributed by atoms with Gasteiger partial charge in [-0.2, -0.15) is 0 Å². The van der Waals surface area contributed by atoms with E-state index in [4.69, 9.17) is 5.11 Å². The second-order valence-electron chi connectivity index (χ2n) is 4.14. The number of aliphatic carboxylic acids is 1. The quantitative estimate of drug-likeness (QED) is 0.878. The lowest BCUT2D eigenvalue weighted by atomic mass is 10.1. The van der Waals surface area contributed by atoms with Gasteiger partial charge in [-0.05, 0) is 31.0 Å². The molecule has 5 heteroatoms. The fraction of sp³-hybridized carbons (Fsp3) is 0.385. The van der Waals surface area contributed by atoms with Gasteiger partial charge in [-0.25, -0.2) is 0 Å². The predicted molar refractivity (Wildman–Crippen MR) is 72.7 cm³/mol. The number of carboxylic acids is 1. The first kappa shape index (κ1) is 14.7. The molecule has 0 heterocycles. The zero-order chi connectivity index (χ0) is 13.7. The Labute approximate surface area is 115 Å². The molecule has 98 valence electrons. The van der Waals surface area contributed by atoms with Crippen LogP contribution in [0.3, 0.4) is 0 Å². The van der Waals surface area contributed by atoms with Gasteiger partial charge in [-0.3, -0.25) is 9.59 Å². The van der Waals surface area contributed by atoms with Crippen molar-refractivity contribution in [1.82, 2.24) is 5.32 Å². The normalized spacial score (nSPS) is 11.9. The van der Waals surface area contributed by atoms with Crippen LogP contribution in [-0.2, 0) is 4.79 Å². The van der Waals surface area contributed by atoms with Gasteiger partial charge in [0.15, 0.2) is 0 Å². The Morgan fingerprint density at radius 3 is 2.61 bits per heavy atom. The first-order chi connectivity index (χ1) is 8.43. The lowest BCUT2D eigenvalue weighted by Crippen LogP contribution is -2.36. The van der Waals surface area contributed by atoms with Crippen molar-refractivity contribution in [1.29, 1.82) is 0 Å². The molecular formula is C13H16BrNO3. The summed E-state index contributed by atoms with van der Waals surface area (Å²) in [5, 5.41) is 11.4. The average molecular weight is 314 g/mol. The minimum absolute atomic E-state index is 0.0602. The van der Waals surface area contributed by atoms with Crippen LogP contribution >= 0.6 is 15.9 Å². The van der Waals surface area contributed by atoms with Gasteiger partial charge in [0.05, 0.1) is 6.42 Å². The van der Waals surface area contributed by atoms with E-state index in [9.17, 15) is 9.59 Å². The van der Waals surface area contributed by atoms with Gasteiger partial charge < -0.3 is 10.4 Å². The molecule has 1 atom stereocenters. The molecule has 0 aliphatic heterocycles. The lowest BCUT2D eigenvalue weighted by Gasteiger charge is -2.15. The van der Waals surface area contributed by atoms with E-state index < -0.39 is 5.97 Å². The average Bonchev–Trinajstić information content (AvgIpc) is 2.31. The van der Waals surface area contributed by atoms with Crippen molar-refractivity contribution in [2.75, 3.05) is 0 Å². The second-order valence-corrected chi connectivity index (χ2v) is 4.99. The number of rotatable bonds is 5. The number of amides is 1. The molecule has 18 heavy (non-hydrogen) atoms. The number of benzene rings is 1. The maximum atomic E-state index is 11.9. The molecule has 2 N–H and O–H groups in total. The van der Waals surface area contributed by atoms with Crippen molar-refractivity contribution in [3.63, 3.8) is 0 Å². The van der Waals surface area contributed by atoms with E-state index in [1.54, 1.807) is 12.1 Å². The van der Waals surface area contributed by atoms with Crippen molar-refractivity contribution in [3.8, 4) is 0 Å². The smallest absolute Gasteiger partial charge is 0.305 e. The van der Waals surface area contributed by atoms with Crippen LogP contribution in [-0.4, -0.2) is 23.0 Å². The van der Waals surface area contributed by atoms with Gasteiger partial charge in [0.1, 0.15) is 0 Å². The van der Waals surface area contributed by atoms with Crippen molar-refractivity contribution in [2.45, 2.75) is 32.7 Å². The minimum Gasteiger partial charge on any atom is -0.481 e. The lowest BCUT2D eigenvalue weighted by molar-refractivity contribution is -0.137. The van der Waals surface area contributed by atoms with Gasteiger partial charge in [0, 0.05) is 16.1 Å². The van der Waals surface area contributed by atoms with Crippen LogP contribution in [0.5, 0.6) is 0 Å². The Hall–Kier alpha value is -1.36. The highest BCUT2D eigenvalue weighted by atomic mass is 79.9. The number of aryl methyl sites for hydroxylation is 1. The number of hydrogen-bond acceptors (Lipinski definition) is 2. The van der Waals surface area contributed by atoms with Crippen molar-refractivity contribution in [2.24, 2.45) is 0 Å². The zero-order valence-corrected chi connectivity index (χ0v) is 12.0. The summed E-state index contributed by atoms with van der Waals surface area (Å²) < 4.78 is 0.862. The van der Waals surface area contributed by atoms with E-state index in [1.807, 2.05) is 19.9 Å². The standard InChI is InChI=1S/C13H16BrNO3/c1-3-10(7-12(16)17)15-13(18)9-5-4-8(2)11(14)6-9/h4-6,10H,3,7H2,1-2H3,(H,15,18)(H,16,17). The fourth-order valence-electron chi connectivity index (χ4n) is 1.51. The Balaban J connectivity index is 2.74. The first-order valence-corrected chi connectivity index (χ1v) is 6.52. The highest BCUT2D eigenvalue weighted by molar-refractivity contribution is 9.10. The Morgan fingerprint density at radius 1 is 1.44 bits per heavy atom. The molecule has 0 fully saturated rings. The molecule has 1 amide bonds. The molecule has 0 aliphatic carbocycles. The van der Waals surface area contributed by atoms with Crippen LogP contribution in [0.2, 0.25) is 0 Å². The summed E-state index contributed by atoms with van der Waals surface area (Å²) in [5.74, 6) is -1.16. The van der Waals surface area contributed by atoms with Crippen LogP contribution in [0.1, 0.15) is 35.7 Å². The van der Waals surface area contributed by atoms with Crippen molar-refractivity contribution in [3.05, 3.63) is 33.8 Å². The molecule has 1 rings (SSSR count). The zero-order valence-electron chi connectivity index (χ0n) is 10.4. The van der Waals surface area contributed by atoms with E-state index in [2.05, 4.69) is 21.2 Å². The summed E-state index contributed by atoms with van der Waals surface area (Å²) in [6, 6.07) is 4.97. The summed E-state index contributed by atoms with van der Waals surface area (Å²) in [6.07, 6.45) is 0.528. The highest BCUT2D eigenvalue weighted by Crippen LogP contribution is 2.17. The maximum Gasteiger partial charge on any atom is 0.305 e. The van der Waals surface area contributed by atoms with E-state index in [-0.39, 0.29) is 18.4 Å². The molecule has 0 aliphatic rings. The highest BCUT2D eigenvalue weighted by Gasteiger charge is 2.15. The number of carbonyl (C=O) groups excluding carboxylic acids is 1. The fourth-order valence-corrected chi connectivity index (χ4v) is 1.89. The van der Waals surface area contributed by atoms with Gasteiger partial charge >= 0.3 is 5.97 Å². The molecule has 0 saturated heterocycles. The SMILES string of the molecule is CCC(CC(=O)O)NC(=O)c1ccc(C)c(Br)c1. The van der Waals surface area contributed by atoms with Gasteiger partial charge in [0.2, 0.25) is 0 Å². The van der Waals surface area contributed by atoms with Crippen LogP contribution < -0.4 is 5.32 Å². The first-order valence-electron chi connectivity index (χ1n) is 5.72. The number of carboxylic acid groups (broad SMARTS) is 1. The molecule has 1 aromatic carbocycles. The third-order valence-electron chi connectivity index (χ3n) is 2.68. The largest absolute Gasteiger partial charge is 0.481 e. The molecule has 0 saturated carbocycles. The van der Waals surface area contributed by atoms with Crippen LogP contribution in [0.15, 0.2) is 22.7 Å². The monoisotopic (exact) mass is 313 g/mol.